The minimum atomic E-state index is -3.98. The van der Waals surface area contributed by atoms with Gasteiger partial charge in [0.1, 0.15) is 9.75 Å². The number of hydrogen-bond acceptors (Lipinski definition) is 8. The Bertz CT molecular complexity index is 1580. The van der Waals surface area contributed by atoms with Crippen LogP contribution in [0.15, 0.2) is 48.5 Å². The van der Waals surface area contributed by atoms with Crippen LogP contribution in [0.25, 0.3) is 20.2 Å². The van der Waals surface area contributed by atoms with Crippen molar-refractivity contribution in [2.45, 2.75) is 60.3 Å². The third kappa shape index (κ3) is 10.2. The van der Waals surface area contributed by atoms with Crippen LogP contribution in [0.4, 0.5) is 17.6 Å². The molecule has 2 heterocycles. The fourth-order valence-corrected chi connectivity index (χ4v) is 5.17. The van der Waals surface area contributed by atoms with E-state index in [1.807, 2.05) is 41.5 Å². The van der Waals surface area contributed by atoms with Crippen LogP contribution in [0.1, 0.15) is 78.9 Å². The Morgan fingerprint density at radius 3 is 1.53 bits per heavy atom. The van der Waals surface area contributed by atoms with Crippen LogP contribution in [0.3, 0.4) is 0 Å². The summed E-state index contributed by atoms with van der Waals surface area (Å²) in [6.45, 7) is 13.9. The molecule has 0 aliphatic rings. The second-order valence-electron chi connectivity index (χ2n) is 7.70. The van der Waals surface area contributed by atoms with E-state index in [0.29, 0.717) is 25.0 Å². The molecule has 0 saturated heterocycles. The van der Waals surface area contributed by atoms with E-state index in [0.717, 1.165) is 48.0 Å². The van der Waals surface area contributed by atoms with Crippen molar-refractivity contribution in [3.63, 3.8) is 0 Å². The highest BCUT2D eigenvalue weighted by atomic mass is 32.1. The van der Waals surface area contributed by atoms with Gasteiger partial charge in [-0.25, -0.2) is 19.2 Å². The third-order valence-electron chi connectivity index (χ3n) is 5.16. The van der Waals surface area contributed by atoms with E-state index < -0.39 is 46.8 Å². The number of fused-ring (bicyclic) bond motifs is 2. The van der Waals surface area contributed by atoms with Crippen molar-refractivity contribution >= 4 is 66.7 Å². The number of esters is 2. The molecule has 0 bridgehead atoms. The first-order valence-corrected chi connectivity index (χ1v) is 15.4. The van der Waals surface area contributed by atoms with Crippen molar-refractivity contribution in [2.75, 3.05) is 13.7 Å². The van der Waals surface area contributed by atoms with Gasteiger partial charge in [0.25, 0.3) is 0 Å². The molecule has 2 N–H and O–H groups in total. The van der Waals surface area contributed by atoms with Gasteiger partial charge in [-0.15, -0.1) is 22.7 Å². The van der Waals surface area contributed by atoms with E-state index in [1.54, 1.807) is 13.0 Å². The number of carbonyl (C=O) groups excluding carboxylic acids is 2. The lowest BCUT2D eigenvalue weighted by molar-refractivity contribution is -0.170. The van der Waals surface area contributed by atoms with E-state index in [1.165, 1.54) is 24.3 Å². The molecule has 14 heteroatoms. The number of alkyl halides is 4. The largest absolute Gasteiger partial charge is 0.477 e. The molecule has 0 spiro atoms. The number of ether oxygens (including phenoxy) is 2. The highest BCUT2D eigenvalue weighted by Crippen LogP contribution is 2.35. The Hall–Kier alpha value is -4.04. The quantitative estimate of drug-likeness (QED) is 0.147. The molecule has 8 nitrogen and oxygen atoms in total. The molecule has 0 aliphatic carbocycles. The van der Waals surface area contributed by atoms with Crippen molar-refractivity contribution in [1.82, 2.24) is 0 Å². The second-order valence-corrected chi connectivity index (χ2v) is 9.87. The second kappa shape index (κ2) is 18.7. The summed E-state index contributed by atoms with van der Waals surface area (Å²) in [4.78, 5) is 44.2. The van der Waals surface area contributed by atoms with Crippen LogP contribution in [-0.2, 0) is 30.9 Å². The van der Waals surface area contributed by atoms with Crippen molar-refractivity contribution in [3.05, 3.63) is 69.4 Å². The van der Waals surface area contributed by atoms with E-state index in [2.05, 4.69) is 4.74 Å². The SMILES string of the molecule is CC.CC.CC.CCOC(=O)c1cc2ccc(C(F)(F)C(=O)OC)cc2s1.O=C(O)c1cc2ccc(C(F)(F)C(=O)O)cc2s1. The van der Waals surface area contributed by atoms with Gasteiger partial charge in [-0.05, 0) is 42.0 Å². The number of methoxy groups -OCH3 is 1. The Labute approximate surface area is 266 Å². The van der Waals surface area contributed by atoms with E-state index in [-0.39, 0.29) is 11.5 Å². The van der Waals surface area contributed by atoms with Gasteiger partial charge in [-0.2, -0.15) is 17.6 Å². The molecule has 0 aliphatic heterocycles. The number of benzene rings is 2. The van der Waals surface area contributed by atoms with Crippen molar-refractivity contribution in [2.24, 2.45) is 0 Å². The maximum Gasteiger partial charge on any atom is 0.381 e. The summed E-state index contributed by atoms with van der Waals surface area (Å²) in [5, 5.41) is 18.3. The number of halogens is 4. The zero-order valence-corrected chi connectivity index (χ0v) is 27.6. The van der Waals surface area contributed by atoms with Crippen molar-refractivity contribution in [1.29, 1.82) is 0 Å². The molecule has 45 heavy (non-hydrogen) atoms. The molecule has 2 aromatic heterocycles. The third-order valence-corrected chi connectivity index (χ3v) is 7.33. The number of carboxylic acid groups (broad SMARTS) is 2. The van der Waals surface area contributed by atoms with Gasteiger partial charge in [0.05, 0.1) is 13.7 Å². The van der Waals surface area contributed by atoms with Crippen molar-refractivity contribution < 1.29 is 56.4 Å². The monoisotopic (exact) mass is 676 g/mol. The number of rotatable bonds is 7. The summed E-state index contributed by atoms with van der Waals surface area (Å²) in [5.74, 6) is -13.2. The molecule has 0 atom stereocenters. The molecular formula is C31H36F4O8S2. The van der Waals surface area contributed by atoms with E-state index in [4.69, 9.17) is 14.9 Å². The zero-order valence-electron chi connectivity index (χ0n) is 26.0. The van der Waals surface area contributed by atoms with Crippen LogP contribution in [0.5, 0.6) is 0 Å². The lowest BCUT2D eigenvalue weighted by Crippen LogP contribution is -2.27. The van der Waals surface area contributed by atoms with E-state index in [9.17, 15) is 36.7 Å². The van der Waals surface area contributed by atoms with Gasteiger partial charge in [-0.3, -0.25) is 0 Å². The molecule has 4 aromatic rings. The number of carboxylic acids is 2. The van der Waals surface area contributed by atoms with Gasteiger partial charge in [0.15, 0.2) is 0 Å². The molecule has 2 aromatic carbocycles. The highest BCUT2D eigenvalue weighted by Gasteiger charge is 2.42. The Balaban J connectivity index is 0.000000744. The first kappa shape index (κ1) is 41.0. The molecule has 0 radical (unpaired) electrons. The molecule has 0 unspecified atom stereocenters. The van der Waals surface area contributed by atoms with Crippen LogP contribution < -0.4 is 0 Å². The molecule has 0 amide bonds. The number of aliphatic carboxylic acids is 1. The topological polar surface area (TPSA) is 127 Å². The zero-order chi connectivity index (χ0) is 35.1. The number of carbonyl (C=O) groups is 4. The number of thiophene rings is 2. The highest BCUT2D eigenvalue weighted by molar-refractivity contribution is 7.21. The summed E-state index contributed by atoms with van der Waals surface area (Å²) >= 11 is 1.86. The molecule has 0 fully saturated rings. The van der Waals surface area contributed by atoms with Gasteiger partial charge in [-0.1, -0.05) is 65.8 Å². The first-order chi connectivity index (χ1) is 21.2. The Morgan fingerprint density at radius 1 is 0.711 bits per heavy atom. The summed E-state index contributed by atoms with van der Waals surface area (Å²) < 4.78 is 63.9. The molecular weight excluding hydrogens is 640 g/mol. The minimum Gasteiger partial charge on any atom is -0.477 e. The van der Waals surface area contributed by atoms with Gasteiger partial charge in [0, 0.05) is 20.5 Å². The van der Waals surface area contributed by atoms with Gasteiger partial charge >= 0.3 is 35.7 Å². The Kier molecular flexibility index (Phi) is 17.0. The van der Waals surface area contributed by atoms with E-state index >= 15 is 0 Å². The van der Waals surface area contributed by atoms with Crippen molar-refractivity contribution in [3.8, 4) is 0 Å². The predicted octanol–water partition coefficient (Wildman–Crippen LogP) is 9.20. The first-order valence-electron chi connectivity index (χ1n) is 13.8. The lowest BCUT2D eigenvalue weighted by Gasteiger charge is -2.13. The van der Waals surface area contributed by atoms with Crippen LogP contribution in [-0.4, -0.2) is 47.8 Å². The smallest absolute Gasteiger partial charge is 0.381 e. The number of aromatic carboxylic acids is 1. The summed E-state index contributed by atoms with van der Waals surface area (Å²) in [7, 11) is 0.902. The number of hydrogen-bond donors (Lipinski definition) is 2. The predicted molar refractivity (Wildman–Crippen MR) is 168 cm³/mol. The standard InChI is InChI=1S/C14H12F2O4S.C11H6F2O4S.3C2H6/c1-3-20-12(17)11-6-8-4-5-9(7-10(8)21-11)14(15,16)13(18)19-2;12-11(13,10(16)17)6-2-1-5-3-8(9(14)15)18-7(5)4-6;3*1-2/h4-7H,3H2,1-2H3;1-4H,(H,14,15)(H,16,17);3*1-2H3. The normalized spacial score (nSPS) is 10.4. The average molecular weight is 677 g/mol. The summed E-state index contributed by atoms with van der Waals surface area (Å²) in [6.07, 6.45) is 0. The fraction of sp³-hybridized carbons (Fsp3) is 0.355. The van der Waals surface area contributed by atoms with Gasteiger partial charge in [0.2, 0.25) is 0 Å². The van der Waals surface area contributed by atoms with Crippen LogP contribution >= 0.6 is 22.7 Å². The minimum absolute atomic E-state index is 0.0146. The maximum absolute atomic E-state index is 13.8. The van der Waals surface area contributed by atoms with Crippen LogP contribution in [0, 0.1) is 0 Å². The van der Waals surface area contributed by atoms with Crippen LogP contribution in [0.2, 0.25) is 0 Å². The van der Waals surface area contributed by atoms with Gasteiger partial charge < -0.3 is 19.7 Å². The lowest BCUT2D eigenvalue weighted by atomic mass is 10.1. The Morgan fingerprint density at radius 2 is 1.13 bits per heavy atom. The molecule has 0 saturated carbocycles. The molecule has 248 valence electrons. The fourth-order valence-electron chi connectivity index (χ4n) is 3.23. The maximum atomic E-state index is 13.8. The summed E-state index contributed by atoms with van der Waals surface area (Å²) in [5.41, 5.74) is -1.14. The molecule has 4 rings (SSSR count). The summed E-state index contributed by atoms with van der Waals surface area (Å²) in [6, 6.07) is 9.93. The average Bonchev–Trinajstić information content (AvgIpc) is 3.68.